The molecule has 1 N–H and O–H groups in total. The lowest BCUT2D eigenvalue weighted by Gasteiger charge is -2.51. The maximum atomic E-state index is 10.1. The van der Waals surface area contributed by atoms with E-state index in [1.165, 1.54) is 11.1 Å². The third-order valence-corrected chi connectivity index (χ3v) is 5.78. The number of rotatable bonds is 2. The van der Waals surface area contributed by atoms with Crippen LogP contribution in [0.3, 0.4) is 0 Å². The fourth-order valence-electron chi connectivity index (χ4n) is 4.73. The van der Waals surface area contributed by atoms with Crippen LogP contribution in [0.5, 0.6) is 5.75 Å². The van der Waals surface area contributed by atoms with E-state index in [-0.39, 0.29) is 17.7 Å². The van der Waals surface area contributed by atoms with Gasteiger partial charge in [-0.25, -0.2) is 0 Å². The zero-order valence-corrected chi connectivity index (χ0v) is 13.2. The molecule has 1 aromatic carbocycles. The van der Waals surface area contributed by atoms with Crippen LogP contribution in [0, 0.1) is 5.92 Å². The molecule has 0 radical (unpaired) electrons. The Balaban J connectivity index is 1.90. The second-order valence-electron chi connectivity index (χ2n) is 6.62. The molecule has 22 heavy (non-hydrogen) atoms. The summed E-state index contributed by atoms with van der Waals surface area (Å²) in [6, 6.07) is 5.74. The molecule has 2 heterocycles. The van der Waals surface area contributed by atoms with E-state index in [1.807, 2.05) is 12.1 Å². The van der Waals surface area contributed by atoms with Gasteiger partial charge in [0.25, 0.3) is 0 Å². The van der Waals surface area contributed by atoms with Crippen molar-refractivity contribution in [2.45, 2.75) is 30.6 Å². The van der Waals surface area contributed by atoms with Gasteiger partial charge in [0, 0.05) is 33.1 Å². The van der Waals surface area contributed by atoms with Gasteiger partial charge in [0.15, 0.2) is 0 Å². The lowest BCUT2D eigenvalue weighted by Crippen LogP contribution is -2.53. The molecule has 0 bridgehead atoms. The first-order valence-electron chi connectivity index (χ1n) is 8.01. The molecule has 1 aromatic rings. The molecule has 4 heteroatoms. The minimum Gasteiger partial charge on any atom is -0.508 e. The molecule has 0 amide bonds. The second-order valence-corrected chi connectivity index (χ2v) is 6.62. The van der Waals surface area contributed by atoms with Crippen LogP contribution in [0.15, 0.2) is 30.4 Å². The van der Waals surface area contributed by atoms with Gasteiger partial charge >= 0.3 is 0 Å². The van der Waals surface area contributed by atoms with Crippen LogP contribution >= 0.6 is 0 Å². The second kappa shape index (κ2) is 5.08. The Morgan fingerprint density at radius 3 is 2.86 bits per heavy atom. The van der Waals surface area contributed by atoms with E-state index >= 15 is 0 Å². The summed E-state index contributed by atoms with van der Waals surface area (Å²) < 4.78 is 11.4. The van der Waals surface area contributed by atoms with Crippen LogP contribution in [-0.4, -0.2) is 43.4 Å². The minimum atomic E-state index is -0.0570. The maximum absolute atomic E-state index is 10.1. The molecule has 0 unspecified atom stereocenters. The zero-order chi connectivity index (χ0) is 15.3. The number of phenols is 1. The number of ether oxygens (including phenoxy) is 2. The predicted octanol–water partition coefficient (Wildman–Crippen LogP) is 2.59. The standard InChI is InChI=1S/C18H23NO3/c1-21-14-5-3-12-7-8-19-11-17(22-2)15-6-4-13(20)9-16(15)18(12,19)10-14/h3-6,9,12,14,17,20H,7-8,10-11H2,1-2H3/t12-,14-,17-,18-/m0/s1. The van der Waals surface area contributed by atoms with Crippen molar-refractivity contribution in [2.24, 2.45) is 5.92 Å². The first kappa shape index (κ1) is 14.2. The zero-order valence-electron chi connectivity index (χ0n) is 13.2. The van der Waals surface area contributed by atoms with E-state index < -0.39 is 0 Å². The average molecular weight is 301 g/mol. The highest BCUT2D eigenvalue weighted by atomic mass is 16.5. The van der Waals surface area contributed by atoms with Gasteiger partial charge in [0.1, 0.15) is 5.75 Å². The first-order valence-corrected chi connectivity index (χ1v) is 8.01. The van der Waals surface area contributed by atoms with Gasteiger partial charge in [-0.3, -0.25) is 4.90 Å². The highest BCUT2D eigenvalue weighted by molar-refractivity contribution is 5.46. The first-order chi connectivity index (χ1) is 10.7. The highest BCUT2D eigenvalue weighted by Gasteiger charge is 2.55. The van der Waals surface area contributed by atoms with Crippen molar-refractivity contribution < 1.29 is 14.6 Å². The molecule has 1 aliphatic carbocycles. The van der Waals surface area contributed by atoms with Crippen LogP contribution in [0.4, 0.5) is 0 Å². The summed E-state index contributed by atoms with van der Waals surface area (Å²) in [5.74, 6) is 0.816. The third kappa shape index (κ3) is 1.81. The molecular weight excluding hydrogens is 278 g/mol. The number of aromatic hydroxyl groups is 1. The Morgan fingerprint density at radius 1 is 1.23 bits per heavy atom. The highest BCUT2D eigenvalue weighted by Crippen LogP contribution is 2.55. The van der Waals surface area contributed by atoms with Crippen LogP contribution in [0.1, 0.15) is 30.1 Å². The molecule has 118 valence electrons. The van der Waals surface area contributed by atoms with Crippen molar-refractivity contribution in [3.63, 3.8) is 0 Å². The number of hydrogen-bond acceptors (Lipinski definition) is 4. The lowest BCUT2D eigenvalue weighted by molar-refractivity contribution is -0.0272. The molecule has 4 atom stereocenters. The minimum absolute atomic E-state index is 0.0570. The summed E-state index contributed by atoms with van der Waals surface area (Å²) in [6.45, 7) is 1.98. The van der Waals surface area contributed by atoms with Crippen molar-refractivity contribution >= 4 is 0 Å². The largest absolute Gasteiger partial charge is 0.508 e. The van der Waals surface area contributed by atoms with Gasteiger partial charge in [-0.1, -0.05) is 18.2 Å². The van der Waals surface area contributed by atoms with E-state index in [9.17, 15) is 5.11 Å². The molecule has 1 spiro atoms. The van der Waals surface area contributed by atoms with Gasteiger partial charge in [-0.05, 0) is 36.2 Å². The summed E-state index contributed by atoms with van der Waals surface area (Å²) in [5, 5.41) is 10.1. The Labute approximate surface area is 131 Å². The maximum Gasteiger partial charge on any atom is 0.115 e. The Morgan fingerprint density at radius 2 is 2.09 bits per heavy atom. The number of benzene rings is 1. The molecule has 2 aliphatic heterocycles. The van der Waals surface area contributed by atoms with E-state index in [0.717, 1.165) is 25.9 Å². The summed E-state index contributed by atoms with van der Waals surface area (Å²) in [6.07, 6.45) is 6.82. The van der Waals surface area contributed by atoms with Crippen LogP contribution < -0.4 is 0 Å². The fraction of sp³-hybridized carbons (Fsp3) is 0.556. The van der Waals surface area contributed by atoms with Gasteiger partial charge in [-0.15, -0.1) is 0 Å². The van der Waals surface area contributed by atoms with Crippen molar-refractivity contribution in [2.75, 3.05) is 27.3 Å². The fourth-order valence-corrected chi connectivity index (χ4v) is 4.73. The van der Waals surface area contributed by atoms with Crippen LogP contribution in [0.25, 0.3) is 0 Å². The molecule has 1 saturated heterocycles. The van der Waals surface area contributed by atoms with Crippen LogP contribution in [0.2, 0.25) is 0 Å². The van der Waals surface area contributed by atoms with Crippen molar-refractivity contribution in [1.82, 2.24) is 4.90 Å². The predicted molar refractivity (Wildman–Crippen MR) is 83.8 cm³/mol. The van der Waals surface area contributed by atoms with Gasteiger partial charge in [-0.2, -0.15) is 0 Å². The number of hydrogen-bond donors (Lipinski definition) is 1. The molecule has 4 rings (SSSR count). The van der Waals surface area contributed by atoms with E-state index in [1.54, 1.807) is 20.3 Å². The Kier molecular flexibility index (Phi) is 3.29. The number of methoxy groups -OCH3 is 2. The summed E-state index contributed by atoms with van der Waals surface area (Å²) in [4.78, 5) is 2.54. The topological polar surface area (TPSA) is 41.9 Å². The van der Waals surface area contributed by atoms with Gasteiger partial charge in [0.05, 0.1) is 17.7 Å². The molecule has 0 saturated carbocycles. The van der Waals surface area contributed by atoms with E-state index in [4.69, 9.17) is 9.47 Å². The summed E-state index contributed by atoms with van der Waals surface area (Å²) in [5.41, 5.74) is 2.38. The van der Waals surface area contributed by atoms with Crippen LogP contribution in [-0.2, 0) is 15.0 Å². The lowest BCUT2D eigenvalue weighted by atomic mass is 9.68. The van der Waals surface area contributed by atoms with Crippen molar-refractivity contribution in [1.29, 1.82) is 0 Å². The van der Waals surface area contributed by atoms with E-state index in [0.29, 0.717) is 11.7 Å². The van der Waals surface area contributed by atoms with E-state index in [2.05, 4.69) is 17.1 Å². The normalized spacial score (nSPS) is 36.7. The smallest absolute Gasteiger partial charge is 0.115 e. The SMILES string of the molecule is CO[C@H]1CN2CC[C@@H]3C=C[C@H](OC)C[C@@]32c2cc(O)ccc21. The Bertz CT molecular complexity index is 614. The Hall–Kier alpha value is -1.36. The monoisotopic (exact) mass is 301 g/mol. The van der Waals surface area contributed by atoms with Crippen molar-refractivity contribution in [3.05, 3.63) is 41.5 Å². The average Bonchev–Trinajstić information content (AvgIpc) is 2.92. The molecule has 1 fully saturated rings. The van der Waals surface area contributed by atoms with Crippen molar-refractivity contribution in [3.8, 4) is 5.75 Å². The summed E-state index contributed by atoms with van der Waals surface area (Å²) in [7, 11) is 3.54. The van der Waals surface area contributed by atoms with Gasteiger partial charge < -0.3 is 14.6 Å². The third-order valence-electron chi connectivity index (χ3n) is 5.78. The summed E-state index contributed by atoms with van der Waals surface area (Å²) >= 11 is 0. The molecule has 0 aromatic heterocycles. The number of phenolic OH excluding ortho intramolecular Hbond substituents is 1. The molecule has 4 nitrogen and oxygen atoms in total. The number of fused-ring (bicyclic) bond motifs is 1. The molecule has 3 aliphatic rings. The van der Waals surface area contributed by atoms with Gasteiger partial charge in [0.2, 0.25) is 0 Å². The quantitative estimate of drug-likeness (QED) is 0.853. The number of nitrogens with zero attached hydrogens (tertiary/aromatic N) is 1. The molecular formula is C18H23NO3.